The van der Waals surface area contributed by atoms with Crippen LogP contribution >= 0.6 is 0 Å². The number of nitrogens with one attached hydrogen (secondary N) is 2. The minimum absolute atomic E-state index is 0.0530. The number of nitrogens with zero attached hydrogens (tertiary/aromatic N) is 1. The van der Waals surface area contributed by atoms with E-state index in [1.54, 1.807) is 24.3 Å². The van der Waals surface area contributed by atoms with E-state index in [1.165, 1.54) is 24.3 Å². The number of hydrogen-bond donors (Lipinski definition) is 2. The van der Waals surface area contributed by atoms with Gasteiger partial charge in [-0.05, 0) is 42.0 Å². The fraction of sp³-hybridized carbons (Fsp3) is 0.0909. The predicted octanol–water partition coefficient (Wildman–Crippen LogP) is 3.79. The van der Waals surface area contributed by atoms with Crippen LogP contribution in [0.1, 0.15) is 5.56 Å². The standard InChI is InChI=1S/C22H19N3O5/c26-21(14-16-4-2-1-3-5-16)23-17-6-8-18(9-7-17)24-22(27)15-30-20-12-10-19(11-13-20)25(28)29/h1-13H,14-15H2,(H,23,26)(H,24,27). The summed E-state index contributed by atoms with van der Waals surface area (Å²) >= 11 is 0. The molecule has 0 radical (unpaired) electrons. The van der Waals surface area contributed by atoms with Gasteiger partial charge in [0.2, 0.25) is 5.91 Å². The molecule has 2 amide bonds. The maximum atomic E-state index is 12.1. The highest BCUT2D eigenvalue weighted by Crippen LogP contribution is 2.18. The van der Waals surface area contributed by atoms with Crippen LogP contribution in [0.3, 0.4) is 0 Å². The number of anilines is 2. The van der Waals surface area contributed by atoms with Crippen molar-refractivity contribution in [2.24, 2.45) is 0 Å². The molecule has 0 heterocycles. The van der Waals surface area contributed by atoms with Crippen LogP contribution in [-0.2, 0) is 16.0 Å². The van der Waals surface area contributed by atoms with Crippen molar-refractivity contribution >= 4 is 28.9 Å². The first kappa shape index (κ1) is 20.5. The molecule has 0 saturated carbocycles. The highest BCUT2D eigenvalue weighted by molar-refractivity contribution is 5.94. The summed E-state index contributed by atoms with van der Waals surface area (Å²) in [4.78, 5) is 34.2. The van der Waals surface area contributed by atoms with E-state index in [0.29, 0.717) is 17.1 Å². The number of hydrogen-bond acceptors (Lipinski definition) is 5. The third-order valence-corrected chi connectivity index (χ3v) is 4.08. The van der Waals surface area contributed by atoms with Gasteiger partial charge in [-0.25, -0.2) is 0 Å². The Morgan fingerprint density at radius 1 is 0.800 bits per heavy atom. The highest BCUT2D eigenvalue weighted by Gasteiger charge is 2.08. The Kier molecular flexibility index (Phi) is 6.73. The molecule has 0 aliphatic carbocycles. The molecule has 0 saturated heterocycles. The average molecular weight is 405 g/mol. The molecule has 3 rings (SSSR count). The Morgan fingerprint density at radius 2 is 1.37 bits per heavy atom. The Morgan fingerprint density at radius 3 is 1.93 bits per heavy atom. The SMILES string of the molecule is O=C(COc1ccc([N+](=O)[O-])cc1)Nc1ccc(NC(=O)Cc2ccccc2)cc1. The fourth-order valence-corrected chi connectivity index (χ4v) is 2.63. The van der Waals surface area contributed by atoms with E-state index in [2.05, 4.69) is 10.6 Å². The van der Waals surface area contributed by atoms with Gasteiger partial charge in [-0.15, -0.1) is 0 Å². The molecule has 0 unspecified atom stereocenters. The van der Waals surface area contributed by atoms with Gasteiger partial charge in [-0.2, -0.15) is 0 Å². The summed E-state index contributed by atoms with van der Waals surface area (Å²) in [6, 6.07) is 21.6. The lowest BCUT2D eigenvalue weighted by Crippen LogP contribution is -2.20. The summed E-state index contributed by atoms with van der Waals surface area (Å²) in [5, 5.41) is 16.1. The van der Waals surface area contributed by atoms with E-state index < -0.39 is 4.92 Å². The summed E-state index contributed by atoms with van der Waals surface area (Å²) in [6.07, 6.45) is 0.277. The molecule has 0 bridgehead atoms. The molecule has 2 N–H and O–H groups in total. The number of non-ortho nitro benzene ring substituents is 1. The van der Waals surface area contributed by atoms with Crippen LogP contribution in [0.2, 0.25) is 0 Å². The van der Waals surface area contributed by atoms with Gasteiger partial charge in [0.15, 0.2) is 6.61 Å². The Hall–Kier alpha value is -4.20. The lowest BCUT2D eigenvalue weighted by Gasteiger charge is -2.09. The van der Waals surface area contributed by atoms with Gasteiger partial charge < -0.3 is 15.4 Å². The molecular formula is C22H19N3O5. The van der Waals surface area contributed by atoms with Crippen molar-refractivity contribution in [1.29, 1.82) is 0 Å². The number of nitro benzene ring substituents is 1. The van der Waals surface area contributed by atoms with Gasteiger partial charge in [-0.3, -0.25) is 19.7 Å². The molecule has 8 nitrogen and oxygen atoms in total. The molecule has 152 valence electrons. The minimum Gasteiger partial charge on any atom is -0.484 e. The fourth-order valence-electron chi connectivity index (χ4n) is 2.63. The van der Waals surface area contributed by atoms with E-state index in [-0.39, 0.29) is 30.5 Å². The number of rotatable bonds is 8. The third kappa shape index (κ3) is 6.16. The van der Waals surface area contributed by atoms with E-state index in [0.717, 1.165) is 5.56 Å². The molecule has 0 fully saturated rings. The summed E-state index contributed by atoms with van der Waals surface area (Å²) in [7, 11) is 0. The molecule has 0 aliphatic rings. The molecule has 8 heteroatoms. The van der Waals surface area contributed by atoms with E-state index >= 15 is 0 Å². The van der Waals surface area contributed by atoms with Crippen LogP contribution in [0.4, 0.5) is 17.1 Å². The van der Waals surface area contributed by atoms with E-state index in [4.69, 9.17) is 4.74 Å². The molecule has 0 spiro atoms. The van der Waals surface area contributed by atoms with Gasteiger partial charge in [0, 0.05) is 23.5 Å². The van der Waals surface area contributed by atoms with Crippen molar-refractivity contribution in [3.05, 3.63) is 94.5 Å². The third-order valence-electron chi connectivity index (χ3n) is 4.08. The number of carbonyl (C=O) groups is 2. The molecule has 0 aliphatic heterocycles. The van der Waals surface area contributed by atoms with Crippen LogP contribution < -0.4 is 15.4 Å². The normalized spacial score (nSPS) is 10.1. The minimum atomic E-state index is -0.510. The Labute approximate surface area is 172 Å². The zero-order valence-corrected chi connectivity index (χ0v) is 15.9. The second kappa shape index (κ2) is 9.83. The van der Waals surface area contributed by atoms with E-state index in [9.17, 15) is 19.7 Å². The summed E-state index contributed by atoms with van der Waals surface area (Å²) in [5.74, 6) is -0.157. The summed E-state index contributed by atoms with van der Waals surface area (Å²) in [6.45, 7) is -0.243. The quantitative estimate of drug-likeness (QED) is 0.438. The molecule has 0 aromatic heterocycles. The topological polar surface area (TPSA) is 111 Å². The number of benzene rings is 3. The lowest BCUT2D eigenvalue weighted by molar-refractivity contribution is -0.384. The number of ether oxygens (including phenoxy) is 1. The first-order valence-electron chi connectivity index (χ1n) is 9.10. The smallest absolute Gasteiger partial charge is 0.269 e. The molecule has 3 aromatic rings. The molecule has 30 heavy (non-hydrogen) atoms. The number of nitro groups is 1. The van der Waals surface area contributed by atoms with Crippen molar-refractivity contribution in [2.45, 2.75) is 6.42 Å². The van der Waals surface area contributed by atoms with Gasteiger partial charge in [0.25, 0.3) is 11.6 Å². The average Bonchev–Trinajstić information content (AvgIpc) is 2.74. The van der Waals surface area contributed by atoms with Gasteiger partial charge >= 0.3 is 0 Å². The maximum Gasteiger partial charge on any atom is 0.269 e. The lowest BCUT2D eigenvalue weighted by atomic mass is 10.1. The van der Waals surface area contributed by atoms with E-state index in [1.807, 2.05) is 30.3 Å². The van der Waals surface area contributed by atoms with Crippen molar-refractivity contribution < 1.29 is 19.2 Å². The maximum absolute atomic E-state index is 12.1. The molecule has 3 aromatic carbocycles. The summed E-state index contributed by atoms with van der Waals surface area (Å²) in [5.41, 5.74) is 2.04. The van der Waals surface area contributed by atoms with Crippen LogP contribution in [0.25, 0.3) is 0 Å². The molecular weight excluding hydrogens is 386 g/mol. The van der Waals surface area contributed by atoms with Gasteiger partial charge in [-0.1, -0.05) is 30.3 Å². The number of amides is 2. The Balaban J connectivity index is 1.45. The zero-order chi connectivity index (χ0) is 21.3. The van der Waals surface area contributed by atoms with Crippen LogP contribution in [0, 0.1) is 10.1 Å². The second-order valence-corrected chi connectivity index (χ2v) is 6.38. The first-order valence-corrected chi connectivity index (χ1v) is 9.10. The number of carbonyl (C=O) groups excluding carboxylic acids is 2. The second-order valence-electron chi connectivity index (χ2n) is 6.38. The first-order chi connectivity index (χ1) is 14.5. The van der Waals surface area contributed by atoms with Crippen molar-refractivity contribution in [1.82, 2.24) is 0 Å². The Bertz CT molecular complexity index is 1020. The van der Waals surface area contributed by atoms with Crippen molar-refractivity contribution in [2.75, 3.05) is 17.2 Å². The predicted molar refractivity (Wildman–Crippen MR) is 112 cm³/mol. The van der Waals surface area contributed by atoms with Crippen molar-refractivity contribution in [3.63, 3.8) is 0 Å². The highest BCUT2D eigenvalue weighted by atomic mass is 16.6. The monoisotopic (exact) mass is 405 g/mol. The van der Waals surface area contributed by atoms with Gasteiger partial charge in [0.1, 0.15) is 5.75 Å². The molecule has 0 atom stereocenters. The van der Waals surface area contributed by atoms with Crippen LogP contribution in [-0.4, -0.2) is 23.3 Å². The van der Waals surface area contributed by atoms with Crippen LogP contribution in [0.5, 0.6) is 5.75 Å². The van der Waals surface area contributed by atoms with Gasteiger partial charge in [0.05, 0.1) is 11.3 Å². The van der Waals surface area contributed by atoms with Crippen molar-refractivity contribution in [3.8, 4) is 5.75 Å². The largest absolute Gasteiger partial charge is 0.484 e. The summed E-state index contributed by atoms with van der Waals surface area (Å²) < 4.78 is 5.32. The zero-order valence-electron chi connectivity index (χ0n) is 15.9. The van der Waals surface area contributed by atoms with Crippen LogP contribution in [0.15, 0.2) is 78.9 Å².